The predicted octanol–water partition coefficient (Wildman–Crippen LogP) is 1.62. The fourth-order valence-corrected chi connectivity index (χ4v) is 6.37. The molecule has 2 aliphatic carbocycles. The first-order valence-corrected chi connectivity index (χ1v) is 14.1. The molecule has 200 valence electrons. The average Bonchev–Trinajstić information content (AvgIpc) is 3.70. The molecule has 10 nitrogen and oxygen atoms in total. The van der Waals surface area contributed by atoms with Crippen molar-refractivity contribution in [3.63, 3.8) is 0 Å². The van der Waals surface area contributed by atoms with Crippen molar-refractivity contribution in [1.82, 2.24) is 20.3 Å². The molecule has 2 aliphatic heterocycles. The van der Waals surface area contributed by atoms with E-state index >= 15 is 0 Å². The molecule has 0 bridgehead atoms. The molecule has 3 atom stereocenters. The SMILES string of the molecule is CCC1CC1(NC(=O)C1CCCN1)C(=O)NS(=O)(=O)C1CC1.CN1Cc2cccc(Cl)c2C1.O=CO. The van der Waals surface area contributed by atoms with Crippen LogP contribution in [-0.4, -0.2) is 67.1 Å². The van der Waals surface area contributed by atoms with Gasteiger partial charge < -0.3 is 15.7 Å². The summed E-state index contributed by atoms with van der Waals surface area (Å²) in [5.74, 6) is -0.766. The van der Waals surface area contributed by atoms with E-state index in [9.17, 15) is 18.0 Å². The molecule has 3 unspecified atom stereocenters. The third-order valence-electron chi connectivity index (χ3n) is 7.01. The smallest absolute Gasteiger partial charge is 0.290 e. The van der Waals surface area contributed by atoms with Gasteiger partial charge in [-0.05, 0) is 68.8 Å². The van der Waals surface area contributed by atoms with Crippen molar-refractivity contribution in [3.8, 4) is 0 Å². The first kappa shape index (κ1) is 28.4. The fourth-order valence-electron chi connectivity index (χ4n) is 4.75. The van der Waals surface area contributed by atoms with Crippen molar-refractivity contribution in [2.45, 2.75) is 75.4 Å². The van der Waals surface area contributed by atoms with Crippen molar-refractivity contribution >= 4 is 39.9 Å². The third kappa shape index (κ3) is 6.76. The first-order valence-electron chi connectivity index (χ1n) is 12.2. The van der Waals surface area contributed by atoms with E-state index in [1.807, 2.05) is 19.1 Å². The molecular weight excluding hydrogens is 508 g/mol. The number of nitrogens with one attached hydrogen (secondary N) is 3. The minimum Gasteiger partial charge on any atom is -0.483 e. The second-order valence-electron chi connectivity index (χ2n) is 9.75. The van der Waals surface area contributed by atoms with E-state index in [0.717, 1.165) is 43.9 Å². The van der Waals surface area contributed by atoms with Crippen molar-refractivity contribution in [3.05, 3.63) is 34.3 Å². The Morgan fingerprint density at radius 1 is 1.28 bits per heavy atom. The van der Waals surface area contributed by atoms with Crippen LogP contribution in [0.3, 0.4) is 0 Å². The van der Waals surface area contributed by atoms with Gasteiger partial charge in [0.15, 0.2) is 0 Å². The van der Waals surface area contributed by atoms with Gasteiger partial charge in [0.25, 0.3) is 12.4 Å². The van der Waals surface area contributed by atoms with Crippen LogP contribution in [0.15, 0.2) is 18.2 Å². The predicted molar refractivity (Wildman–Crippen MR) is 136 cm³/mol. The monoisotopic (exact) mass is 542 g/mol. The summed E-state index contributed by atoms with van der Waals surface area (Å²) >= 11 is 6.01. The summed E-state index contributed by atoms with van der Waals surface area (Å²) in [5.41, 5.74) is 1.63. The lowest BCUT2D eigenvalue weighted by Crippen LogP contribution is -2.55. The Kier molecular flexibility index (Phi) is 9.37. The van der Waals surface area contributed by atoms with Crippen LogP contribution in [0.5, 0.6) is 0 Å². The Labute approximate surface area is 217 Å². The number of sulfonamides is 1. The lowest BCUT2D eigenvalue weighted by Gasteiger charge is -2.21. The van der Waals surface area contributed by atoms with Gasteiger partial charge in [0, 0.05) is 18.1 Å². The topological polar surface area (TPSA) is 145 Å². The van der Waals surface area contributed by atoms with Crippen molar-refractivity contribution < 1.29 is 27.9 Å². The summed E-state index contributed by atoms with van der Waals surface area (Å²) in [6.45, 7) is 4.52. The number of carbonyl (C=O) groups is 3. The molecule has 1 aromatic rings. The Morgan fingerprint density at radius 3 is 2.50 bits per heavy atom. The van der Waals surface area contributed by atoms with Crippen LogP contribution in [0, 0.1) is 5.92 Å². The number of amides is 2. The van der Waals surface area contributed by atoms with E-state index in [1.165, 1.54) is 11.1 Å². The van der Waals surface area contributed by atoms with Crippen molar-refractivity contribution in [2.24, 2.45) is 5.92 Å². The highest BCUT2D eigenvalue weighted by atomic mass is 35.5. The maximum atomic E-state index is 12.5. The van der Waals surface area contributed by atoms with Crippen molar-refractivity contribution in [1.29, 1.82) is 0 Å². The van der Waals surface area contributed by atoms with Crippen LogP contribution in [0.4, 0.5) is 0 Å². The second kappa shape index (κ2) is 11.9. The summed E-state index contributed by atoms with van der Waals surface area (Å²) in [7, 11) is -1.47. The average molecular weight is 543 g/mol. The van der Waals surface area contributed by atoms with Gasteiger partial charge in [0.1, 0.15) is 5.54 Å². The third-order valence-corrected chi connectivity index (χ3v) is 9.18. The van der Waals surface area contributed by atoms with Gasteiger partial charge in [0.2, 0.25) is 15.9 Å². The molecule has 5 rings (SSSR count). The molecule has 4 aliphatic rings. The number of fused-ring (bicyclic) bond motifs is 1. The van der Waals surface area contributed by atoms with Crippen LogP contribution < -0.4 is 15.4 Å². The molecule has 2 saturated carbocycles. The molecule has 3 fully saturated rings. The van der Waals surface area contributed by atoms with Crippen LogP contribution in [0.2, 0.25) is 5.02 Å². The molecule has 36 heavy (non-hydrogen) atoms. The molecule has 12 heteroatoms. The summed E-state index contributed by atoms with van der Waals surface area (Å²) in [6.07, 6.45) is 4.13. The van der Waals surface area contributed by atoms with E-state index in [0.29, 0.717) is 19.3 Å². The van der Waals surface area contributed by atoms with E-state index in [-0.39, 0.29) is 24.3 Å². The highest BCUT2D eigenvalue weighted by Gasteiger charge is 2.61. The maximum Gasteiger partial charge on any atom is 0.290 e. The van der Waals surface area contributed by atoms with Crippen LogP contribution in [-0.2, 0) is 37.5 Å². The quantitative estimate of drug-likeness (QED) is 0.397. The van der Waals surface area contributed by atoms with E-state index in [1.54, 1.807) is 0 Å². The Bertz CT molecular complexity index is 1070. The van der Waals surface area contributed by atoms with Gasteiger partial charge in [-0.2, -0.15) is 0 Å². The largest absolute Gasteiger partial charge is 0.483 e. The summed E-state index contributed by atoms with van der Waals surface area (Å²) in [6, 6.07) is 5.84. The van der Waals surface area contributed by atoms with Gasteiger partial charge in [0.05, 0.1) is 11.3 Å². The molecule has 0 radical (unpaired) electrons. The summed E-state index contributed by atoms with van der Waals surface area (Å²) in [5, 5.41) is 13.3. The molecule has 2 amide bonds. The molecule has 1 aromatic carbocycles. The molecule has 4 N–H and O–H groups in total. The Morgan fingerprint density at radius 2 is 1.97 bits per heavy atom. The summed E-state index contributed by atoms with van der Waals surface area (Å²) in [4.78, 5) is 35.4. The van der Waals surface area contributed by atoms with Gasteiger partial charge in [-0.25, -0.2) is 8.42 Å². The van der Waals surface area contributed by atoms with Crippen LogP contribution >= 0.6 is 11.6 Å². The zero-order chi connectivity index (χ0) is 26.5. The fraction of sp³-hybridized carbons (Fsp3) is 0.625. The molecule has 0 aromatic heterocycles. The highest BCUT2D eigenvalue weighted by Crippen LogP contribution is 2.46. The normalized spacial score (nSPS) is 26.4. The van der Waals surface area contributed by atoms with Gasteiger partial charge in [-0.15, -0.1) is 0 Å². The van der Waals surface area contributed by atoms with Crippen LogP contribution in [0.25, 0.3) is 0 Å². The number of carboxylic acid groups (broad SMARTS) is 1. The number of benzene rings is 1. The number of rotatable bonds is 6. The standard InChI is InChI=1S/C14H23N3O4S.C9H10ClN.CH2O2/c1-2-9-8-14(9,16-12(18)11-4-3-7-15-11)13(19)17-22(20,21)10-5-6-10;1-11-5-7-3-2-4-9(10)8(7)6-11;2-1-3/h9-11,15H,2-8H2,1H3,(H,16,18)(H,17,19);2-4H,5-6H2,1H3;1H,(H,2,3). The summed E-state index contributed by atoms with van der Waals surface area (Å²) < 4.78 is 26.1. The highest BCUT2D eigenvalue weighted by molar-refractivity contribution is 7.91. The van der Waals surface area contributed by atoms with Gasteiger partial charge in [-0.1, -0.05) is 37.1 Å². The first-order chi connectivity index (χ1) is 17.1. The maximum absolute atomic E-state index is 12.5. The zero-order valence-electron chi connectivity index (χ0n) is 20.6. The lowest BCUT2D eigenvalue weighted by molar-refractivity contribution is -0.130. The molecule has 1 saturated heterocycles. The lowest BCUT2D eigenvalue weighted by atomic mass is 10.1. The second-order valence-corrected chi connectivity index (χ2v) is 12.1. The molecule has 0 spiro atoms. The molecular formula is C24H35ClN4O6S. The van der Waals surface area contributed by atoms with E-state index in [4.69, 9.17) is 21.5 Å². The minimum atomic E-state index is -3.58. The van der Waals surface area contributed by atoms with Gasteiger partial charge >= 0.3 is 0 Å². The number of carbonyl (C=O) groups excluding carboxylic acids is 2. The minimum absolute atomic E-state index is 0.00672. The van der Waals surface area contributed by atoms with E-state index < -0.39 is 26.7 Å². The number of nitrogens with zero attached hydrogens (tertiary/aromatic N) is 1. The Balaban J connectivity index is 0.000000214. The van der Waals surface area contributed by atoms with Gasteiger partial charge in [-0.3, -0.25) is 24.0 Å². The zero-order valence-corrected chi connectivity index (χ0v) is 22.2. The van der Waals surface area contributed by atoms with Crippen LogP contribution in [0.1, 0.15) is 56.6 Å². The Hall–Kier alpha value is -2.21. The molecule has 2 heterocycles. The number of hydrogen-bond donors (Lipinski definition) is 4. The van der Waals surface area contributed by atoms with Crippen molar-refractivity contribution in [2.75, 3.05) is 13.6 Å². The van der Waals surface area contributed by atoms with E-state index in [2.05, 4.69) is 33.4 Å². The number of hydrogen-bond acceptors (Lipinski definition) is 7. The number of halogens is 1.